The number of benzene rings is 2. The second-order valence-corrected chi connectivity index (χ2v) is 8.45. The first-order chi connectivity index (χ1) is 12.7. The molecule has 4 nitrogen and oxygen atoms in total. The summed E-state index contributed by atoms with van der Waals surface area (Å²) in [7, 11) is 0. The molecule has 0 atom stereocenters. The normalized spacial score (nSPS) is 11.4. The van der Waals surface area contributed by atoms with Crippen molar-refractivity contribution in [1.29, 1.82) is 0 Å². The number of thiophene rings is 1. The number of hydrogen-bond donors (Lipinski definition) is 2. The predicted octanol–water partition coefficient (Wildman–Crippen LogP) is 5.13. The van der Waals surface area contributed by atoms with Gasteiger partial charge in [-0.15, -0.1) is 11.3 Å². The highest BCUT2D eigenvalue weighted by atomic mass is 32.1. The van der Waals surface area contributed by atoms with Crippen molar-refractivity contribution in [2.75, 3.05) is 5.32 Å². The minimum atomic E-state index is -0.389. The Morgan fingerprint density at radius 2 is 1.74 bits per heavy atom. The zero-order valence-electron chi connectivity index (χ0n) is 15.6. The van der Waals surface area contributed by atoms with Gasteiger partial charge in [0.2, 0.25) is 0 Å². The van der Waals surface area contributed by atoms with E-state index in [2.05, 4.69) is 10.6 Å². The number of halogens is 1. The summed E-state index contributed by atoms with van der Waals surface area (Å²) in [5.41, 5.74) is 1.17. The molecule has 0 spiro atoms. The van der Waals surface area contributed by atoms with Crippen molar-refractivity contribution in [3.8, 4) is 0 Å². The van der Waals surface area contributed by atoms with Gasteiger partial charge >= 0.3 is 0 Å². The molecular formula is C21H21FN2O2S. The molecule has 3 rings (SSSR count). The molecule has 0 bridgehead atoms. The van der Waals surface area contributed by atoms with Crippen LogP contribution in [0.25, 0.3) is 10.1 Å². The first-order valence-corrected chi connectivity index (χ1v) is 9.39. The fourth-order valence-corrected chi connectivity index (χ4v) is 3.87. The Bertz CT molecular complexity index is 1030. The molecule has 0 aliphatic heterocycles. The number of aryl methyl sites for hydroxylation is 1. The smallest absolute Gasteiger partial charge is 0.266 e. The third-order valence-corrected chi connectivity index (χ3v) is 5.28. The van der Waals surface area contributed by atoms with Gasteiger partial charge in [0.15, 0.2) is 0 Å². The number of nitrogens with one attached hydrogen (secondary N) is 2. The van der Waals surface area contributed by atoms with E-state index in [1.807, 2.05) is 20.8 Å². The van der Waals surface area contributed by atoms with Crippen LogP contribution < -0.4 is 10.6 Å². The van der Waals surface area contributed by atoms with Crippen molar-refractivity contribution in [2.45, 2.75) is 33.2 Å². The summed E-state index contributed by atoms with van der Waals surface area (Å²) in [6.45, 7) is 7.48. The second-order valence-electron chi connectivity index (χ2n) is 7.40. The van der Waals surface area contributed by atoms with E-state index in [0.29, 0.717) is 16.1 Å². The molecule has 0 aliphatic rings. The number of anilines is 1. The molecule has 0 fully saturated rings. The molecule has 2 aromatic carbocycles. The fraction of sp³-hybridized carbons (Fsp3) is 0.238. The van der Waals surface area contributed by atoms with Gasteiger partial charge in [0.05, 0.1) is 16.1 Å². The summed E-state index contributed by atoms with van der Waals surface area (Å²) in [6.07, 6.45) is 0. The van der Waals surface area contributed by atoms with E-state index in [9.17, 15) is 14.0 Å². The van der Waals surface area contributed by atoms with Crippen molar-refractivity contribution in [3.63, 3.8) is 0 Å². The van der Waals surface area contributed by atoms with Crippen LogP contribution in [-0.4, -0.2) is 17.4 Å². The summed E-state index contributed by atoms with van der Waals surface area (Å²) in [5, 5.41) is 6.45. The molecule has 0 radical (unpaired) electrons. The minimum absolute atomic E-state index is 0.256. The standard InChI is InChI=1S/C21H21FN2O2S/c1-12-15-11-13(22)9-10-17(15)27-18(12)20(26)23-16-8-6-5-7-14(16)19(25)24-21(2,3)4/h5-11H,1-4H3,(H,23,26)(H,24,25). The van der Waals surface area contributed by atoms with Crippen molar-refractivity contribution in [2.24, 2.45) is 0 Å². The SMILES string of the molecule is Cc1c(C(=O)Nc2ccccc2C(=O)NC(C)(C)C)sc2ccc(F)cc12. The average Bonchev–Trinajstić information content (AvgIpc) is 2.90. The number of carbonyl (C=O) groups is 2. The van der Waals surface area contributed by atoms with Crippen LogP contribution in [-0.2, 0) is 0 Å². The van der Waals surface area contributed by atoms with Gasteiger partial charge in [-0.3, -0.25) is 9.59 Å². The minimum Gasteiger partial charge on any atom is -0.347 e. The summed E-state index contributed by atoms with van der Waals surface area (Å²) >= 11 is 1.30. The van der Waals surface area contributed by atoms with E-state index >= 15 is 0 Å². The lowest BCUT2D eigenvalue weighted by Gasteiger charge is -2.21. The van der Waals surface area contributed by atoms with E-state index < -0.39 is 0 Å². The van der Waals surface area contributed by atoms with E-state index in [1.54, 1.807) is 37.3 Å². The number of para-hydroxylation sites is 1. The lowest BCUT2D eigenvalue weighted by molar-refractivity contribution is 0.0920. The van der Waals surface area contributed by atoms with E-state index in [-0.39, 0.29) is 23.2 Å². The highest BCUT2D eigenvalue weighted by molar-refractivity contribution is 7.21. The highest BCUT2D eigenvalue weighted by Crippen LogP contribution is 2.32. The maximum Gasteiger partial charge on any atom is 0.266 e. The predicted molar refractivity (Wildman–Crippen MR) is 108 cm³/mol. The molecule has 0 saturated carbocycles. The van der Waals surface area contributed by atoms with Gasteiger partial charge in [-0.05, 0) is 69.0 Å². The van der Waals surface area contributed by atoms with E-state index in [0.717, 1.165) is 15.6 Å². The largest absolute Gasteiger partial charge is 0.347 e. The van der Waals surface area contributed by atoms with Gasteiger partial charge in [-0.25, -0.2) is 4.39 Å². The molecule has 1 heterocycles. The molecular weight excluding hydrogens is 363 g/mol. The first kappa shape index (κ1) is 19.0. The molecule has 6 heteroatoms. The quantitative estimate of drug-likeness (QED) is 0.658. The number of rotatable bonds is 3. The van der Waals surface area contributed by atoms with Crippen LogP contribution in [0.1, 0.15) is 46.4 Å². The lowest BCUT2D eigenvalue weighted by Crippen LogP contribution is -2.40. The van der Waals surface area contributed by atoms with Crippen LogP contribution in [0.3, 0.4) is 0 Å². The third kappa shape index (κ3) is 4.17. The number of amides is 2. The van der Waals surface area contributed by atoms with Crippen molar-refractivity contribution in [3.05, 3.63) is 64.3 Å². The number of hydrogen-bond acceptors (Lipinski definition) is 3. The Balaban J connectivity index is 1.91. The zero-order valence-corrected chi connectivity index (χ0v) is 16.5. The fourth-order valence-electron chi connectivity index (χ4n) is 2.79. The molecule has 2 N–H and O–H groups in total. The van der Waals surface area contributed by atoms with Crippen LogP contribution in [0.4, 0.5) is 10.1 Å². The van der Waals surface area contributed by atoms with Gasteiger partial charge < -0.3 is 10.6 Å². The Morgan fingerprint density at radius 1 is 1.04 bits per heavy atom. The van der Waals surface area contributed by atoms with Crippen molar-refractivity contribution in [1.82, 2.24) is 5.32 Å². The molecule has 140 valence electrons. The average molecular weight is 384 g/mol. The van der Waals surface area contributed by atoms with Crippen LogP contribution >= 0.6 is 11.3 Å². The Kier molecular flexibility index (Phi) is 5.02. The molecule has 0 unspecified atom stereocenters. The molecule has 0 saturated heterocycles. The maximum atomic E-state index is 13.5. The van der Waals surface area contributed by atoms with Gasteiger partial charge in [0.1, 0.15) is 5.82 Å². The summed E-state index contributed by atoms with van der Waals surface area (Å²) < 4.78 is 14.4. The number of carbonyl (C=O) groups excluding carboxylic acids is 2. The first-order valence-electron chi connectivity index (χ1n) is 8.57. The van der Waals surface area contributed by atoms with E-state index in [4.69, 9.17) is 0 Å². The summed E-state index contributed by atoms with van der Waals surface area (Å²) in [6, 6.07) is 11.4. The second kappa shape index (κ2) is 7.12. The van der Waals surface area contributed by atoms with Crippen molar-refractivity contribution >= 4 is 38.9 Å². The maximum absolute atomic E-state index is 13.5. The molecule has 27 heavy (non-hydrogen) atoms. The van der Waals surface area contributed by atoms with E-state index in [1.165, 1.54) is 23.5 Å². The zero-order chi connectivity index (χ0) is 19.8. The molecule has 1 aromatic heterocycles. The molecule has 3 aromatic rings. The topological polar surface area (TPSA) is 58.2 Å². The Labute approximate surface area is 161 Å². The van der Waals surface area contributed by atoms with Gasteiger partial charge in [-0.2, -0.15) is 0 Å². The summed E-state index contributed by atoms with van der Waals surface area (Å²) in [4.78, 5) is 25.9. The molecule has 0 aliphatic carbocycles. The van der Waals surface area contributed by atoms with Gasteiger partial charge in [0, 0.05) is 10.2 Å². The monoisotopic (exact) mass is 384 g/mol. The van der Waals surface area contributed by atoms with Crippen LogP contribution in [0.15, 0.2) is 42.5 Å². The number of fused-ring (bicyclic) bond motifs is 1. The highest BCUT2D eigenvalue weighted by Gasteiger charge is 2.21. The lowest BCUT2D eigenvalue weighted by atomic mass is 10.1. The Morgan fingerprint density at radius 3 is 2.44 bits per heavy atom. The van der Waals surface area contributed by atoms with Crippen molar-refractivity contribution < 1.29 is 14.0 Å². The van der Waals surface area contributed by atoms with Gasteiger partial charge in [0.25, 0.3) is 11.8 Å². The summed E-state index contributed by atoms with van der Waals surface area (Å²) in [5.74, 6) is -0.904. The van der Waals surface area contributed by atoms with Crippen LogP contribution in [0, 0.1) is 12.7 Å². The van der Waals surface area contributed by atoms with Crippen LogP contribution in [0.5, 0.6) is 0 Å². The third-order valence-electron chi connectivity index (χ3n) is 4.01. The van der Waals surface area contributed by atoms with Gasteiger partial charge in [-0.1, -0.05) is 12.1 Å². The van der Waals surface area contributed by atoms with Crippen LogP contribution in [0.2, 0.25) is 0 Å². The molecule has 2 amide bonds. The Hall–Kier alpha value is -2.73.